The first kappa shape index (κ1) is 29.8. The maximum atomic E-state index is 13.0. The van der Waals surface area contributed by atoms with Crippen LogP contribution in [0, 0.1) is 5.92 Å². The molecule has 0 radical (unpaired) electrons. The van der Waals surface area contributed by atoms with Crippen LogP contribution in [-0.2, 0) is 20.3 Å². The number of carbonyl (C=O) groups excluding carboxylic acids is 2. The normalized spacial score (nSPS) is 15.0. The number of carbonyl (C=O) groups is 2. The van der Waals surface area contributed by atoms with Gasteiger partial charge in [-0.3, -0.25) is 23.7 Å². The van der Waals surface area contributed by atoms with Gasteiger partial charge in [-0.05, 0) is 30.0 Å². The lowest BCUT2D eigenvalue weighted by Gasteiger charge is -2.24. The third-order valence-electron chi connectivity index (χ3n) is 4.99. The van der Waals surface area contributed by atoms with Gasteiger partial charge in [-0.15, -0.1) is 0 Å². The molecule has 1 unspecified atom stereocenters. The highest BCUT2D eigenvalue weighted by Gasteiger charge is 2.32. The molecule has 2 amide bonds. The summed E-state index contributed by atoms with van der Waals surface area (Å²) in [6, 6.07) is 4.00. The Labute approximate surface area is 208 Å². The Morgan fingerprint density at radius 2 is 1.67 bits per heavy atom. The molecular formula is C20H29BN4O9P2. The number of hydrogen-bond acceptors (Lipinski definition) is 8. The summed E-state index contributed by atoms with van der Waals surface area (Å²) in [6.45, 7) is 3.67. The molecule has 0 aliphatic rings. The molecule has 3 atom stereocenters. The first-order valence-corrected chi connectivity index (χ1v) is 14.5. The lowest BCUT2D eigenvalue weighted by atomic mass is 9.75. The number of hydrogen-bond donors (Lipinski definition) is 7. The highest BCUT2D eigenvalue weighted by atomic mass is 31.2. The molecule has 2 rings (SSSR count). The quantitative estimate of drug-likeness (QED) is 0.133. The van der Waals surface area contributed by atoms with Crippen molar-refractivity contribution < 1.29 is 43.4 Å². The minimum Gasteiger partial charge on any atom is -0.426 e. The lowest BCUT2D eigenvalue weighted by Crippen LogP contribution is -2.55. The highest BCUT2D eigenvalue weighted by Crippen LogP contribution is 2.53. The maximum absolute atomic E-state index is 13.0. The second-order valence-corrected chi connectivity index (χ2v) is 13.0. The Morgan fingerprint density at radius 1 is 1.03 bits per heavy atom. The van der Waals surface area contributed by atoms with E-state index >= 15 is 0 Å². The zero-order chi connectivity index (χ0) is 27.1. The summed E-state index contributed by atoms with van der Waals surface area (Å²) in [6.07, 6.45) is 4.04. The third kappa shape index (κ3) is 9.55. The molecule has 1 aromatic carbocycles. The highest BCUT2D eigenvalue weighted by molar-refractivity contribution is 7.77. The summed E-state index contributed by atoms with van der Waals surface area (Å²) >= 11 is 0. The van der Waals surface area contributed by atoms with E-state index in [9.17, 15) is 33.7 Å². The molecule has 0 fully saturated rings. The molecule has 16 heteroatoms. The van der Waals surface area contributed by atoms with Crippen molar-refractivity contribution in [2.45, 2.75) is 38.7 Å². The van der Waals surface area contributed by atoms with Crippen molar-refractivity contribution in [1.29, 1.82) is 0 Å². The Bertz CT molecular complexity index is 1130. The summed E-state index contributed by atoms with van der Waals surface area (Å²) in [5, 5.41) is 24.2. The number of rotatable bonds is 12. The van der Waals surface area contributed by atoms with Gasteiger partial charge in [-0.1, -0.05) is 26.0 Å². The Kier molecular flexibility index (Phi) is 10.5. The van der Waals surface area contributed by atoms with Crippen LogP contribution < -0.4 is 15.9 Å². The van der Waals surface area contributed by atoms with Gasteiger partial charge in [-0.25, -0.2) is 4.98 Å². The van der Waals surface area contributed by atoms with Crippen LogP contribution in [-0.4, -0.2) is 71.5 Å². The van der Waals surface area contributed by atoms with Crippen LogP contribution in [0.3, 0.4) is 0 Å². The summed E-state index contributed by atoms with van der Waals surface area (Å²) in [5.74, 6) is -3.58. The smallest absolute Gasteiger partial charge is 0.426 e. The minimum atomic E-state index is -4.74. The SMILES string of the molecule is CC(C)C[C@H](NC(=O)[C@H](Cc1ccc(P(=O)(O)CP(=O)(O)O)cc1)NC(=O)c1cnccn1)B(O)O. The van der Waals surface area contributed by atoms with Crippen LogP contribution in [0.25, 0.3) is 0 Å². The lowest BCUT2D eigenvalue weighted by molar-refractivity contribution is -0.123. The fraction of sp³-hybridized carbons (Fsp3) is 0.400. The van der Waals surface area contributed by atoms with E-state index in [1.807, 2.05) is 13.8 Å². The molecule has 196 valence electrons. The summed E-state index contributed by atoms with van der Waals surface area (Å²) < 4.78 is 23.5. The van der Waals surface area contributed by atoms with Crippen LogP contribution in [0.15, 0.2) is 42.9 Å². The van der Waals surface area contributed by atoms with Crippen molar-refractivity contribution in [2.75, 3.05) is 5.90 Å². The molecule has 0 spiro atoms. The molecule has 36 heavy (non-hydrogen) atoms. The number of amides is 2. The predicted molar refractivity (Wildman–Crippen MR) is 131 cm³/mol. The molecule has 2 aromatic rings. The van der Waals surface area contributed by atoms with Crippen LogP contribution in [0.4, 0.5) is 0 Å². The summed E-state index contributed by atoms with van der Waals surface area (Å²) in [7, 11) is -10.9. The Balaban J connectivity index is 2.27. The van der Waals surface area contributed by atoms with E-state index in [4.69, 9.17) is 9.79 Å². The molecule has 1 aromatic heterocycles. The first-order chi connectivity index (χ1) is 16.7. The third-order valence-corrected chi connectivity index (χ3v) is 9.10. The van der Waals surface area contributed by atoms with Gasteiger partial charge in [0.05, 0.1) is 12.1 Å². The maximum Gasteiger partial charge on any atom is 0.475 e. The van der Waals surface area contributed by atoms with Crippen molar-refractivity contribution in [2.24, 2.45) is 5.92 Å². The van der Waals surface area contributed by atoms with E-state index < -0.39 is 51.8 Å². The zero-order valence-electron chi connectivity index (χ0n) is 19.6. The van der Waals surface area contributed by atoms with E-state index in [0.717, 1.165) is 0 Å². The van der Waals surface area contributed by atoms with E-state index in [1.54, 1.807) is 0 Å². The van der Waals surface area contributed by atoms with Gasteiger partial charge in [0.25, 0.3) is 5.91 Å². The zero-order valence-corrected chi connectivity index (χ0v) is 21.4. The van der Waals surface area contributed by atoms with E-state index in [2.05, 4.69) is 20.6 Å². The average Bonchev–Trinajstić information content (AvgIpc) is 2.77. The van der Waals surface area contributed by atoms with E-state index in [1.165, 1.54) is 42.9 Å². The molecule has 0 saturated heterocycles. The van der Waals surface area contributed by atoms with Gasteiger partial charge >= 0.3 is 14.7 Å². The second kappa shape index (κ2) is 12.7. The number of nitrogens with one attached hydrogen (secondary N) is 2. The largest absolute Gasteiger partial charge is 0.475 e. The molecule has 0 bridgehead atoms. The van der Waals surface area contributed by atoms with Gasteiger partial charge < -0.3 is 35.4 Å². The Hall–Kier alpha value is -2.44. The van der Waals surface area contributed by atoms with Gasteiger partial charge in [0.1, 0.15) is 17.6 Å². The molecular weight excluding hydrogens is 513 g/mol. The molecule has 13 nitrogen and oxygen atoms in total. The molecule has 7 N–H and O–H groups in total. The van der Waals surface area contributed by atoms with Crippen molar-refractivity contribution in [1.82, 2.24) is 20.6 Å². The van der Waals surface area contributed by atoms with E-state index in [-0.39, 0.29) is 29.8 Å². The standard InChI is InChI=1S/C20H29BN4O9P2/c1-13(2)9-18(21(28)29)25-19(26)16(24-20(27)17-11-22-7-8-23-17)10-14-3-5-15(6-4-14)35(30,31)12-36(32,33)34/h3-8,11,13,16,18,28-29H,9-10,12H2,1-2H3,(H,24,27)(H,25,26)(H,30,31)(H2,32,33,34)/t16-,18-/m0/s1. The monoisotopic (exact) mass is 542 g/mol. The fourth-order valence-electron chi connectivity index (χ4n) is 3.34. The van der Waals surface area contributed by atoms with Gasteiger partial charge in [-0.2, -0.15) is 0 Å². The summed E-state index contributed by atoms with van der Waals surface area (Å²) in [5.41, 5.74) is 0.393. The number of aromatic nitrogens is 2. The van der Waals surface area contributed by atoms with Crippen LogP contribution in [0.1, 0.15) is 36.3 Å². The molecule has 0 saturated carbocycles. The molecule has 1 heterocycles. The predicted octanol–water partition coefficient (Wildman–Crippen LogP) is -0.609. The fourth-order valence-corrected chi connectivity index (χ4v) is 6.60. The topological polar surface area (TPSA) is 219 Å². The summed E-state index contributed by atoms with van der Waals surface area (Å²) in [4.78, 5) is 61.5. The molecule has 0 aliphatic heterocycles. The number of nitrogens with zero attached hydrogens (tertiary/aromatic N) is 2. The van der Waals surface area contributed by atoms with Crippen molar-refractivity contribution >= 4 is 39.2 Å². The van der Waals surface area contributed by atoms with Gasteiger partial charge in [0.15, 0.2) is 0 Å². The van der Waals surface area contributed by atoms with Crippen molar-refractivity contribution in [3.63, 3.8) is 0 Å². The molecule has 0 aliphatic carbocycles. The van der Waals surface area contributed by atoms with E-state index in [0.29, 0.717) is 5.56 Å². The van der Waals surface area contributed by atoms with Crippen LogP contribution in [0.2, 0.25) is 0 Å². The minimum absolute atomic E-state index is 0.0274. The van der Waals surface area contributed by atoms with Crippen LogP contribution in [0.5, 0.6) is 0 Å². The number of benzene rings is 1. The average molecular weight is 542 g/mol. The van der Waals surface area contributed by atoms with Gasteiger partial charge in [0.2, 0.25) is 13.3 Å². The Morgan fingerprint density at radius 3 is 2.17 bits per heavy atom. The van der Waals surface area contributed by atoms with Crippen LogP contribution >= 0.6 is 15.0 Å². The second-order valence-electron chi connectivity index (χ2n) is 8.65. The van der Waals surface area contributed by atoms with Crippen molar-refractivity contribution in [3.8, 4) is 0 Å². The van der Waals surface area contributed by atoms with Crippen molar-refractivity contribution in [3.05, 3.63) is 54.1 Å². The first-order valence-electron chi connectivity index (χ1n) is 10.9. The van der Waals surface area contributed by atoms with Gasteiger partial charge in [0, 0.05) is 24.1 Å².